The third-order valence-electron chi connectivity index (χ3n) is 6.84. The number of thioether (sulfide) groups is 1. The Balaban J connectivity index is 1.50. The lowest BCUT2D eigenvalue weighted by molar-refractivity contribution is 0.247. The number of amides is 2. The molecule has 0 bridgehead atoms. The van der Waals surface area contributed by atoms with E-state index >= 15 is 0 Å². The van der Waals surface area contributed by atoms with Crippen LogP contribution >= 0.6 is 23.4 Å². The van der Waals surface area contributed by atoms with E-state index in [1.54, 1.807) is 11.8 Å². The zero-order chi connectivity index (χ0) is 30.2. The number of nitrogens with one attached hydrogen (secondary N) is 2. The number of hydrogen-bond acceptors (Lipinski definition) is 5. The number of benzene rings is 4. The van der Waals surface area contributed by atoms with Crippen molar-refractivity contribution in [3.8, 4) is 11.4 Å². The van der Waals surface area contributed by atoms with Gasteiger partial charge in [0.1, 0.15) is 5.75 Å². The first-order chi connectivity index (χ1) is 20.9. The fourth-order valence-corrected chi connectivity index (χ4v) is 5.84. The third kappa shape index (κ3) is 7.97. The number of carbonyl (C=O) groups is 1. The number of urea groups is 1. The first-order valence-electron chi connectivity index (χ1n) is 14.1. The van der Waals surface area contributed by atoms with Crippen molar-refractivity contribution in [2.45, 2.75) is 44.1 Å². The molecule has 1 unspecified atom stereocenters. The SMILES string of the molecule is CCOc1ccc(NC(=O)NC(Cc2ccccc2)c2nnc(SCc3cccc(C)c3)n2-c2cc(Cl)ccc2C)cc1. The van der Waals surface area contributed by atoms with Gasteiger partial charge in [-0.15, -0.1) is 10.2 Å². The maximum absolute atomic E-state index is 13.4. The smallest absolute Gasteiger partial charge is 0.319 e. The van der Waals surface area contributed by atoms with E-state index in [0.717, 1.165) is 22.6 Å². The van der Waals surface area contributed by atoms with Crippen molar-refractivity contribution in [1.82, 2.24) is 20.1 Å². The summed E-state index contributed by atoms with van der Waals surface area (Å²) in [5.74, 6) is 2.08. The Labute approximate surface area is 261 Å². The fraction of sp³-hybridized carbons (Fsp3) is 0.206. The molecule has 0 saturated heterocycles. The topological polar surface area (TPSA) is 81.1 Å². The van der Waals surface area contributed by atoms with E-state index in [1.807, 2.05) is 91.2 Å². The van der Waals surface area contributed by atoms with Gasteiger partial charge in [0.2, 0.25) is 0 Å². The molecule has 7 nitrogen and oxygen atoms in total. The van der Waals surface area contributed by atoms with Crippen LogP contribution in [0.4, 0.5) is 10.5 Å². The summed E-state index contributed by atoms with van der Waals surface area (Å²) in [7, 11) is 0. The summed E-state index contributed by atoms with van der Waals surface area (Å²) in [5.41, 5.74) is 5.99. The number of carbonyl (C=O) groups excluding carboxylic acids is 1. The first kappa shape index (κ1) is 30.2. The van der Waals surface area contributed by atoms with E-state index in [4.69, 9.17) is 16.3 Å². The molecule has 2 N–H and O–H groups in total. The second-order valence-corrected chi connectivity index (χ2v) is 11.6. The van der Waals surface area contributed by atoms with Gasteiger partial charge in [0.15, 0.2) is 11.0 Å². The van der Waals surface area contributed by atoms with Crippen molar-refractivity contribution in [3.63, 3.8) is 0 Å². The average Bonchev–Trinajstić information content (AvgIpc) is 3.42. The Kier molecular flexibility index (Phi) is 10.0. The molecule has 5 aromatic rings. The van der Waals surface area contributed by atoms with Gasteiger partial charge in [-0.1, -0.05) is 89.6 Å². The highest BCUT2D eigenvalue weighted by Gasteiger charge is 2.26. The van der Waals surface area contributed by atoms with Crippen molar-refractivity contribution in [2.24, 2.45) is 0 Å². The first-order valence-corrected chi connectivity index (χ1v) is 15.5. The van der Waals surface area contributed by atoms with Crippen LogP contribution < -0.4 is 15.4 Å². The standard InChI is InChI=1S/C34H34ClN5O2S/c1-4-42-29-17-15-28(16-18-29)36-33(41)37-30(20-25-10-6-5-7-11-25)32-38-39-34(43-22-26-12-8-9-23(2)19-26)40(32)31-21-27(35)14-13-24(31)3/h5-19,21,30H,4,20,22H2,1-3H3,(H2,36,37,41). The Morgan fingerprint density at radius 1 is 0.930 bits per heavy atom. The van der Waals surface area contributed by atoms with Gasteiger partial charge < -0.3 is 15.4 Å². The van der Waals surface area contributed by atoms with E-state index in [0.29, 0.717) is 40.5 Å². The average molecular weight is 612 g/mol. The summed E-state index contributed by atoms with van der Waals surface area (Å²) in [6.07, 6.45) is 0.512. The Bertz CT molecular complexity index is 1670. The molecule has 0 fully saturated rings. The van der Waals surface area contributed by atoms with Gasteiger partial charge in [-0.25, -0.2) is 4.79 Å². The highest BCUT2D eigenvalue weighted by Crippen LogP contribution is 2.32. The zero-order valence-electron chi connectivity index (χ0n) is 24.4. The lowest BCUT2D eigenvalue weighted by Crippen LogP contribution is -2.35. The number of nitrogens with zero attached hydrogens (tertiary/aromatic N) is 3. The lowest BCUT2D eigenvalue weighted by Gasteiger charge is -2.21. The molecule has 0 aliphatic carbocycles. The zero-order valence-corrected chi connectivity index (χ0v) is 26.0. The van der Waals surface area contributed by atoms with Crippen LogP contribution in [0.2, 0.25) is 5.02 Å². The van der Waals surface area contributed by atoms with Crippen LogP contribution in [-0.2, 0) is 12.2 Å². The molecule has 43 heavy (non-hydrogen) atoms. The van der Waals surface area contributed by atoms with E-state index in [2.05, 4.69) is 52.0 Å². The number of anilines is 1. The Morgan fingerprint density at radius 2 is 1.70 bits per heavy atom. The highest BCUT2D eigenvalue weighted by molar-refractivity contribution is 7.98. The second-order valence-electron chi connectivity index (χ2n) is 10.2. The lowest BCUT2D eigenvalue weighted by atomic mass is 10.0. The van der Waals surface area contributed by atoms with Crippen molar-refractivity contribution >= 4 is 35.1 Å². The van der Waals surface area contributed by atoms with Crippen LogP contribution in [0.5, 0.6) is 5.75 Å². The van der Waals surface area contributed by atoms with E-state index in [-0.39, 0.29) is 6.03 Å². The van der Waals surface area contributed by atoms with Crippen LogP contribution in [0.25, 0.3) is 5.69 Å². The molecule has 220 valence electrons. The molecule has 0 spiro atoms. The molecule has 4 aromatic carbocycles. The Hall–Kier alpha value is -4.27. The van der Waals surface area contributed by atoms with Crippen molar-refractivity contribution in [1.29, 1.82) is 0 Å². The molecule has 0 radical (unpaired) electrons. The van der Waals surface area contributed by atoms with Crippen molar-refractivity contribution in [2.75, 3.05) is 11.9 Å². The quantitative estimate of drug-likeness (QED) is 0.147. The number of rotatable bonds is 11. The van der Waals surface area contributed by atoms with E-state index in [9.17, 15) is 4.79 Å². The summed E-state index contributed by atoms with van der Waals surface area (Å²) in [6, 6.07) is 30.7. The number of hydrogen-bond donors (Lipinski definition) is 2. The second kappa shape index (κ2) is 14.3. The summed E-state index contributed by atoms with van der Waals surface area (Å²) < 4.78 is 7.55. The minimum Gasteiger partial charge on any atom is -0.494 e. The monoisotopic (exact) mass is 611 g/mol. The van der Waals surface area contributed by atoms with Gasteiger partial charge in [0.05, 0.1) is 18.3 Å². The maximum Gasteiger partial charge on any atom is 0.319 e. The summed E-state index contributed by atoms with van der Waals surface area (Å²) in [5, 5.41) is 16.7. The maximum atomic E-state index is 13.4. The van der Waals surface area contributed by atoms with Gasteiger partial charge in [-0.3, -0.25) is 4.57 Å². The van der Waals surface area contributed by atoms with Crippen molar-refractivity contribution in [3.05, 3.63) is 130 Å². The molecule has 5 rings (SSSR count). The molecule has 1 aromatic heterocycles. The molecule has 0 saturated carbocycles. The summed E-state index contributed by atoms with van der Waals surface area (Å²) in [6.45, 7) is 6.63. The summed E-state index contributed by atoms with van der Waals surface area (Å²) >= 11 is 8.09. The number of aryl methyl sites for hydroxylation is 2. The molecular weight excluding hydrogens is 578 g/mol. The third-order valence-corrected chi connectivity index (χ3v) is 8.08. The number of halogens is 1. The normalized spacial score (nSPS) is 11.6. The molecule has 1 atom stereocenters. The van der Waals surface area contributed by atoms with Gasteiger partial charge >= 0.3 is 6.03 Å². The van der Waals surface area contributed by atoms with Crippen LogP contribution in [0, 0.1) is 13.8 Å². The van der Waals surface area contributed by atoms with Crippen LogP contribution in [0.3, 0.4) is 0 Å². The molecule has 0 aliphatic heterocycles. The Morgan fingerprint density at radius 3 is 2.44 bits per heavy atom. The molecule has 0 aliphatic rings. The van der Waals surface area contributed by atoms with Gasteiger partial charge in [0, 0.05) is 22.9 Å². The van der Waals surface area contributed by atoms with Crippen LogP contribution in [0.1, 0.15) is 41.0 Å². The van der Waals surface area contributed by atoms with Crippen molar-refractivity contribution < 1.29 is 9.53 Å². The molecular formula is C34H34ClN5O2S. The number of aromatic nitrogens is 3. The van der Waals surface area contributed by atoms with Crippen LogP contribution in [-0.4, -0.2) is 27.4 Å². The largest absolute Gasteiger partial charge is 0.494 e. The van der Waals surface area contributed by atoms with Gasteiger partial charge in [-0.2, -0.15) is 0 Å². The summed E-state index contributed by atoms with van der Waals surface area (Å²) in [4.78, 5) is 13.4. The predicted molar refractivity (Wildman–Crippen MR) is 174 cm³/mol. The van der Waals surface area contributed by atoms with E-state index < -0.39 is 6.04 Å². The highest BCUT2D eigenvalue weighted by atomic mass is 35.5. The molecule has 1 heterocycles. The minimum atomic E-state index is -0.496. The van der Waals surface area contributed by atoms with Gasteiger partial charge in [-0.05, 0) is 73.9 Å². The van der Waals surface area contributed by atoms with E-state index in [1.165, 1.54) is 11.1 Å². The fourth-order valence-electron chi connectivity index (χ4n) is 4.78. The van der Waals surface area contributed by atoms with Crippen LogP contribution in [0.15, 0.2) is 102 Å². The number of ether oxygens (including phenoxy) is 1. The molecule has 9 heteroatoms. The minimum absolute atomic E-state index is 0.351. The predicted octanol–water partition coefficient (Wildman–Crippen LogP) is 8.33. The molecule has 2 amide bonds. The van der Waals surface area contributed by atoms with Gasteiger partial charge in [0.25, 0.3) is 0 Å².